The lowest BCUT2D eigenvalue weighted by molar-refractivity contribution is -0.193. The number of likely N-dealkylation sites (N-methyl/N-ethyl adjacent to an activating group) is 1. The van der Waals surface area contributed by atoms with Gasteiger partial charge in [-0.25, -0.2) is 0 Å². The maximum absolute atomic E-state index is 13.6. The van der Waals surface area contributed by atoms with Gasteiger partial charge in [-0.05, 0) is 53.1 Å². The van der Waals surface area contributed by atoms with Gasteiger partial charge in [0, 0.05) is 36.4 Å². The van der Waals surface area contributed by atoms with Crippen molar-refractivity contribution in [3.63, 3.8) is 0 Å². The normalized spacial score (nSPS) is 21.5. The Morgan fingerprint density at radius 2 is 1.52 bits per heavy atom. The first-order chi connectivity index (χ1) is 15.8. The van der Waals surface area contributed by atoms with Crippen molar-refractivity contribution in [2.75, 3.05) is 7.05 Å². The van der Waals surface area contributed by atoms with Crippen LogP contribution in [0.25, 0.3) is 0 Å². The van der Waals surface area contributed by atoms with Crippen molar-refractivity contribution in [2.45, 2.75) is 31.3 Å². The number of esters is 1. The Hall–Kier alpha value is -2.93. The minimum absolute atomic E-state index is 0.303. The largest absolute Gasteiger partial charge is 0.454 e. The van der Waals surface area contributed by atoms with Crippen molar-refractivity contribution in [3.05, 3.63) is 99.8 Å². The summed E-state index contributed by atoms with van der Waals surface area (Å²) in [6.07, 6.45) is 0.634. The van der Waals surface area contributed by atoms with E-state index in [1.807, 2.05) is 24.3 Å². The predicted octanol–water partition coefficient (Wildman–Crippen LogP) is 5.33. The average Bonchev–Trinajstić information content (AvgIpc) is 2.81. The van der Waals surface area contributed by atoms with Gasteiger partial charge in [-0.2, -0.15) is 0 Å². The highest BCUT2D eigenvalue weighted by atomic mass is 35.5. The molecule has 1 fully saturated rings. The van der Waals surface area contributed by atoms with Crippen LogP contribution in [0, 0.1) is 0 Å². The van der Waals surface area contributed by atoms with Crippen LogP contribution in [0.15, 0.2) is 73.1 Å². The molecule has 2 aromatic carbocycles. The van der Waals surface area contributed by atoms with Crippen LogP contribution in [0.4, 0.5) is 0 Å². The fraction of sp³-hybridized carbons (Fsp3) is 0.240. The molecule has 1 aliphatic heterocycles. The number of benzene rings is 2. The molecule has 33 heavy (non-hydrogen) atoms. The Morgan fingerprint density at radius 1 is 0.970 bits per heavy atom. The van der Waals surface area contributed by atoms with E-state index in [0.717, 1.165) is 11.1 Å². The second-order valence-electron chi connectivity index (χ2n) is 7.78. The summed E-state index contributed by atoms with van der Waals surface area (Å²) in [5.41, 5.74) is 2.31. The number of aromatic nitrogens is 1. The second-order valence-corrected chi connectivity index (χ2v) is 8.66. The molecule has 0 N–H and O–H groups in total. The molecule has 1 amide bonds. The molecular formula is C25H22Cl2N2O4. The molecule has 170 valence electrons. The van der Waals surface area contributed by atoms with Gasteiger partial charge < -0.3 is 14.4 Å². The summed E-state index contributed by atoms with van der Waals surface area (Å²) in [6.45, 7) is 1.30. The number of hydrogen-bond donors (Lipinski definition) is 0. The Kier molecular flexibility index (Phi) is 6.98. The maximum Gasteiger partial charge on any atom is 0.303 e. The van der Waals surface area contributed by atoms with Crippen molar-refractivity contribution in [1.82, 2.24) is 9.88 Å². The molecule has 1 saturated heterocycles. The number of hydrogen-bond acceptors (Lipinski definition) is 5. The lowest BCUT2D eigenvalue weighted by Crippen LogP contribution is -2.51. The van der Waals surface area contributed by atoms with Gasteiger partial charge in [-0.1, -0.05) is 47.5 Å². The van der Waals surface area contributed by atoms with Crippen LogP contribution in [-0.4, -0.2) is 34.9 Å². The predicted molar refractivity (Wildman–Crippen MR) is 125 cm³/mol. The van der Waals surface area contributed by atoms with Crippen LogP contribution in [-0.2, 0) is 19.1 Å². The SMILES string of the molecule is CC(=O)OC(c1ccncc1)[C@H]1O[C@H](c2ccc(Cl)cc2)C(c2ccc(Cl)cc2)N(C)C1=O. The topological polar surface area (TPSA) is 68.7 Å². The molecule has 1 aliphatic rings. The molecule has 6 nitrogen and oxygen atoms in total. The standard InChI is InChI=1S/C25H22Cl2N2O4/c1-15(30)32-23(18-11-13-28-14-12-18)24-25(31)29(2)21(16-3-7-19(26)8-4-16)22(33-24)17-5-9-20(27)10-6-17/h3-14,21-24H,1-2H3/t21?,22-,23?,24-/m1/s1. The number of nitrogens with zero attached hydrogens (tertiary/aromatic N) is 2. The summed E-state index contributed by atoms with van der Waals surface area (Å²) in [6, 6.07) is 17.5. The average molecular weight is 485 g/mol. The molecule has 2 unspecified atom stereocenters. The highest BCUT2D eigenvalue weighted by Gasteiger charge is 2.47. The highest BCUT2D eigenvalue weighted by molar-refractivity contribution is 6.30. The number of rotatable bonds is 5. The molecule has 3 aromatic rings. The van der Waals surface area contributed by atoms with Gasteiger partial charge in [-0.3, -0.25) is 14.6 Å². The summed E-state index contributed by atoms with van der Waals surface area (Å²) in [5, 5.41) is 1.19. The summed E-state index contributed by atoms with van der Waals surface area (Å²) < 4.78 is 12.0. The molecule has 2 heterocycles. The molecule has 1 aromatic heterocycles. The third kappa shape index (κ3) is 5.03. The molecule has 4 rings (SSSR count). The molecule has 8 heteroatoms. The van der Waals surface area contributed by atoms with Crippen LogP contribution in [0.2, 0.25) is 10.0 Å². The first-order valence-corrected chi connectivity index (χ1v) is 11.1. The van der Waals surface area contributed by atoms with Crippen LogP contribution in [0.5, 0.6) is 0 Å². The Bertz CT molecular complexity index is 1120. The third-order valence-electron chi connectivity index (χ3n) is 5.60. The van der Waals surface area contributed by atoms with Gasteiger partial charge in [-0.15, -0.1) is 0 Å². The number of morpholine rings is 1. The van der Waals surface area contributed by atoms with Crippen LogP contribution in [0.3, 0.4) is 0 Å². The molecule has 0 bridgehead atoms. The van der Waals surface area contributed by atoms with Crippen LogP contribution >= 0.6 is 23.2 Å². The Morgan fingerprint density at radius 3 is 2.06 bits per heavy atom. The van der Waals surface area contributed by atoms with E-state index >= 15 is 0 Å². The third-order valence-corrected chi connectivity index (χ3v) is 6.10. The van der Waals surface area contributed by atoms with Gasteiger partial charge in [0.25, 0.3) is 5.91 Å². The first kappa shape index (κ1) is 23.2. The van der Waals surface area contributed by atoms with Crippen molar-refractivity contribution in [1.29, 1.82) is 0 Å². The second kappa shape index (κ2) is 9.91. The number of carbonyl (C=O) groups excluding carboxylic acids is 2. The van der Waals surface area contributed by atoms with Crippen molar-refractivity contribution in [2.24, 2.45) is 0 Å². The molecule has 4 atom stereocenters. The van der Waals surface area contributed by atoms with Gasteiger partial charge in [0.05, 0.1) is 6.04 Å². The van der Waals surface area contributed by atoms with Crippen LogP contribution in [0.1, 0.15) is 41.9 Å². The monoisotopic (exact) mass is 484 g/mol. The maximum atomic E-state index is 13.6. The first-order valence-electron chi connectivity index (χ1n) is 10.4. The molecular weight excluding hydrogens is 463 g/mol. The summed E-state index contributed by atoms with van der Waals surface area (Å²) in [4.78, 5) is 31.1. The number of ether oxygens (including phenoxy) is 2. The van der Waals surface area contributed by atoms with E-state index in [1.54, 1.807) is 60.7 Å². The smallest absolute Gasteiger partial charge is 0.303 e. The van der Waals surface area contributed by atoms with E-state index in [9.17, 15) is 9.59 Å². The fourth-order valence-corrected chi connectivity index (χ4v) is 4.29. The van der Waals surface area contributed by atoms with E-state index in [4.69, 9.17) is 32.7 Å². The minimum atomic E-state index is -1.05. The van der Waals surface area contributed by atoms with E-state index in [0.29, 0.717) is 15.6 Å². The number of halogens is 2. The van der Waals surface area contributed by atoms with Crippen molar-refractivity contribution < 1.29 is 19.1 Å². The molecule has 0 saturated carbocycles. The quantitative estimate of drug-likeness (QED) is 0.457. The van der Waals surface area contributed by atoms with Crippen molar-refractivity contribution >= 4 is 35.1 Å². The van der Waals surface area contributed by atoms with Gasteiger partial charge >= 0.3 is 5.97 Å². The molecule has 0 spiro atoms. The van der Waals surface area contributed by atoms with E-state index in [2.05, 4.69) is 4.98 Å². The Labute approximate surface area is 202 Å². The number of pyridine rings is 1. The van der Waals surface area contributed by atoms with Gasteiger partial charge in [0.1, 0.15) is 6.10 Å². The lowest BCUT2D eigenvalue weighted by Gasteiger charge is -2.44. The van der Waals surface area contributed by atoms with Crippen LogP contribution < -0.4 is 0 Å². The summed E-state index contributed by atoms with van der Waals surface area (Å²) in [7, 11) is 1.72. The number of carbonyl (C=O) groups is 2. The zero-order chi connectivity index (χ0) is 23.5. The summed E-state index contributed by atoms with van der Waals surface area (Å²) in [5.74, 6) is -0.818. The van der Waals surface area contributed by atoms with E-state index in [-0.39, 0.29) is 5.91 Å². The minimum Gasteiger partial charge on any atom is -0.454 e. The van der Waals surface area contributed by atoms with E-state index in [1.165, 1.54) is 6.92 Å². The summed E-state index contributed by atoms with van der Waals surface area (Å²) >= 11 is 12.2. The van der Waals surface area contributed by atoms with E-state index < -0.39 is 30.3 Å². The molecule has 0 aliphatic carbocycles. The van der Waals surface area contributed by atoms with Gasteiger partial charge in [0.2, 0.25) is 0 Å². The zero-order valence-electron chi connectivity index (χ0n) is 18.0. The fourth-order valence-electron chi connectivity index (χ4n) is 4.04. The Balaban J connectivity index is 1.78. The van der Waals surface area contributed by atoms with Crippen molar-refractivity contribution in [3.8, 4) is 0 Å². The number of amides is 1. The highest BCUT2D eigenvalue weighted by Crippen LogP contribution is 2.44. The van der Waals surface area contributed by atoms with Gasteiger partial charge in [0.15, 0.2) is 12.2 Å². The molecule has 0 radical (unpaired) electrons. The zero-order valence-corrected chi connectivity index (χ0v) is 19.5. The lowest BCUT2D eigenvalue weighted by atomic mass is 9.90.